The van der Waals surface area contributed by atoms with E-state index >= 15 is 0 Å². The van der Waals surface area contributed by atoms with Gasteiger partial charge in [-0.3, -0.25) is 0 Å². The number of carboxylic acid groups (broad SMARTS) is 1. The standard InChI is InChI=1S/C8H8O3.C7H18N/c9-8(10)11-6-7-4-2-1-3-5-7;1-5-8(4,6-2)7-3/h1-5H,6H2,(H,9,10);5-7H2,1-4H3/q;+1/p-1. The fourth-order valence-corrected chi connectivity index (χ4v) is 1.39. The first-order valence-corrected chi connectivity index (χ1v) is 6.68. The fraction of sp³-hybridized carbons (Fsp3) is 0.533. The third-order valence-corrected chi connectivity index (χ3v) is 3.49. The Balaban J connectivity index is 0.000000362. The summed E-state index contributed by atoms with van der Waals surface area (Å²) in [6.45, 7) is 10.6. The quantitative estimate of drug-likeness (QED) is 0.606. The van der Waals surface area contributed by atoms with Crippen molar-refractivity contribution in [2.45, 2.75) is 27.4 Å². The molecular formula is C15H25NO3. The minimum absolute atomic E-state index is 0.0587. The normalized spacial score (nSPS) is 10.3. The number of carbonyl (C=O) groups is 1. The van der Waals surface area contributed by atoms with E-state index in [-0.39, 0.29) is 6.61 Å². The lowest BCUT2D eigenvalue weighted by molar-refractivity contribution is -0.904. The summed E-state index contributed by atoms with van der Waals surface area (Å²) >= 11 is 0. The molecular weight excluding hydrogens is 242 g/mol. The maximum Gasteiger partial charge on any atom is 0.252 e. The van der Waals surface area contributed by atoms with Crippen LogP contribution in [0.15, 0.2) is 30.3 Å². The maximum absolute atomic E-state index is 9.84. The maximum atomic E-state index is 9.84. The van der Waals surface area contributed by atoms with Crippen molar-refractivity contribution in [2.75, 3.05) is 26.7 Å². The molecule has 4 nitrogen and oxygen atoms in total. The van der Waals surface area contributed by atoms with Crippen LogP contribution in [-0.2, 0) is 11.3 Å². The predicted octanol–water partition coefficient (Wildman–Crippen LogP) is 2.04. The summed E-state index contributed by atoms with van der Waals surface area (Å²) in [5.41, 5.74) is 0.816. The zero-order valence-electron chi connectivity index (χ0n) is 12.4. The van der Waals surface area contributed by atoms with Crippen LogP contribution in [0.3, 0.4) is 0 Å². The van der Waals surface area contributed by atoms with Crippen molar-refractivity contribution in [3.8, 4) is 0 Å². The molecule has 0 aliphatic carbocycles. The van der Waals surface area contributed by atoms with E-state index in [1.54, 1.807) is 12.1 Å². The molecule has 108 valence electrons. The first-order valence-electron chi connectivity index (χ1n) is 6.68. The van der Waals surface area contributed by atoms with Crippen LogP contribution in [0.4, 0.5) is 4.79 Å². The van der Waals surface area contributed by atoms with Gasteiger partial charge in [-0.2, -0.15) is 0 Å². The molecule has 0 spiro atoms. The van der Waals surface area contributed by atoms with Crippen molar-refractivity contribution in [1.82, 2.24) is 0 Å². The smallest absolute Gasteiger partial charge is 0.252 e. The number of carbonyl (C=O) groups excluding carboxylic acids is 1. The van der Waals surface area contributed by atoms with Gasteiger partial charge in [0, 0.05) is 0 Å². The third kappa shape index (κ3) is 8.21. The van der Waals surface area contributed by atoms with Gasteiger partial charge in [0.1, 0.15) is 0 Å². The van der Waals surface area contributed by atoms with Crippen molar-refractivity contribution < 1.29 is 19.1 Å². The van der Waals surface area contributed by atoms with Gasteiger partial charge in [-0.1, -0.05) is 30.3 Å². The van der Waals surface area contributed by atoms with Crippen molar-refractivity contribution >= 4 is 6.16 Å². The molecule has 19 heavy (non-hydrogen) atoms. The van der Waals surface area contributed by atoms with Crippen LogP contribution in [-0.4, -0.2) is 37.3 Å². The number of quaternary nitrogens is 1. The van der Waals surface area contributed by atoms with Gasteiger partial charge in [-0.15, -0.1) is 0 Å². The first kappa shape index (κ1) is 17.4. The Labute approximate surface area is 116 Å². The van der Waals surface area contributed by atoms with Crippen LogP contribution < -0.4 is 5.11 Å². The largest absolute Gasteiger partial charge is 0.545 e. The molecule has 1 rings (SSSR count). The second-order valence-electron chi connectivity index (χ2n) is 4.59. The summed E-state index contributed by atoms with van der Waals surface area (Å²) < 4.78 is 5.44. The van der Waals surface area contributed by atoms with Crippen LogP contribution in [0.1, 0.15) is 26.3 Å². The zero-order valence-corrected chi connectivity index (χ0v) is 12.4. The topological polar surface area (TPSA) is 49.4 Å². The van der Waals surface area contributed by atoms with E-state index in [1.165, 1.54) is 24.1 Å². The molecule has 0 aliphatic rings. The van der Waals surface area contributed by atoms with Crippen LogP contribution in [0.2, 0.25) is 0 Å². The van der Waals surface area contributed by atoms with Gasteiger partial charge in [0.05, 0.1) is 33.3 Å². The highest BCUT2D eigenvalue weighted by Gasteiger charge is 2.10. The molecule has 0 N–H and O–H groups in total. The lowest BCUT2D eigenvalue weighted by Gasteiger charge is -2.30. The van der Waals surface area contributed by atoms with E-state index in [0.29, 0.717) is 0 Å². The van der Waals surface area contributed by atoms with E-state index in [4.69, 9.17) is 0 Å². The molecule has 0 unspecified atom stereocenters. The summed E-state index contributed by atoms with van der Waals surface area (Å²) in [7, 11) is 2.29. The zero-order chi connectivity index (χ0) is 14.7. The molecule has 0 atom stereocenters. The lowest BCUT2D eigenvalue weighted by atomic mass is 10.2. The molecule has 0 aromatic heterocycles. The molecule has 0 bridgehead atoms. The summed E-state index contributed by atoms with van der Waals surface area (Å²) in [5, 5.41) is 9.84. The minimum Gasteiger partial charge on any atom is -0.545 e. The Hall–Kier alpha value is -1.55. The van der Waals surface area contributed by atoms with Crippen LogP contribution in [0, 0.1) is 0 Å². The molecule has 0 heterocycles. The Morgan fingerprint density at radius 1 is 1.11 bits per heavy atom. The fourth-order valence-electron chi connectivity index (χ4n) is 1.39. The molecule has 0 fully saturated rings. The van der Waals surface area contributed by atoms with Crippen molar-refractivity contribution in [2.24, 2.45) is 0 Å². The molecule has 0 aliphatic heterocycles. The monoisotopic (exact) mass is 267 g/mol. The third-order valence-electron chi connectivity index (χ3n) is 3.49. The Bertz CT molecular complexity index is 339. The van der Waals surface area contributed by atoms with E-state index in [2.05, 4.69) is 32.6 Å². The molecule has 1 aromatic rings. The van der Waals surface area contributed by atoms with Gasteiger partial charge in [0.15, 0.2) is 0 Å². The highest BCUT2D eigenvalue weighted by Crippen LogP contribution is 1.99. The number of benzene rings is 1. The molecule has 0 amide bonds. The van der Waals surface area contributed by atoms with E-state index in [1.807, 2.05) is 18.2 Å². The number of rotatable bonds is 5. The number of hydrogen-bond acceptors (Lipinski definition) is 3. The minimum atomic E-state index is -1.49. The van der Waals surface area contributed by atoms with Crippen LogP contribution in [0.25, 0.3) is 0 Å². The van der Waals surface area contributed by atoms with Crippen molar-refractivity contribution in [1.29, 1.82) is 0 Å². The molecule has 0 saturated carbocycles. The number of nitrogens with zero attached hydrogens (tertiary/aromatic N) is 1. The molecule has 0 radical (unpaired) electrons. The average molecular weight is 267 g/mol. The highest BCUT2D eigenvalue weighted by atomic mass is 16.7. The van der Waals surface area contributed by atoms with Gasteiger partial charge < -0.3 is 19.1 Å². The summed E-state index contributed by atoms with van der Waals surface area (Å²) in [6, 6.07) is 9.04. The number of ether oxygens (including phenoxy) is 1. The summed E-state index contributed by atoms with van der Waals surface area (Å²) in [4.78, 5) is 9.84. The molecule has 0 saturated heterocycles. The molecule has 4 heteroatoms. The van der Waals surface area contributed by atoms with Gasteiger partial charge in [0.25, 0.3) is 6.16 Å². The van der Waals surface area contributed by atoms with E-state index in [9.17, 15) is 9.90 Å². The predicted molar refractivity (Wildman–Crippen MR) is 74.4 cm³/mol. The Morgan fingerprint density at radius 2 is 1.58 bits per heavy atom. The van der Waals surface area contributed by atoms with Crippen molar-refractivity contribution in [3.63, 3.8) is 0 Å². The second kappa shape index (κ2) is 9.39. The van der Waals surface area contributed by atoms with Gasteiger partial charge in [-0.05, 0) is 26.3 Å². The molecule has 1 aromatic carbocycles. The van der Waals surface area contributed by atoms with Crippen LogP contribution in [0.5, 0.6) is 0 Å². The summed E-state index contributed by atoms with van der Waals surface area (Å²) in [5.74, 6) is 0. The first-order chi connectivity index (χ1) is 8.97. The Morgan fingerprint density at radius 3 is 1.89 bits per heavy atom. The Kier molecular flexibility index (Phi) is 8.62. The second-order valence-corrected chi connectivity index (χ2v) is 4.59. The van der Waals surface area contributed by atoms with Crippen molar-refractivity contribution in [3.05, 3.63) is 35.9 Å². The van der Waals surface area contributed by atoms with Crippen LogP contribution >= 0.6 is 0 Å². The average Bonchev–Trinajstić information content (AvgIpc) is 2.46. The lowest BCUT2D eigenvalue weighted by Crippen LogP contribution is -2.42. The van der Waals surface area contributed by atoms with E-state index < -0.39 is 6.16 Å². The van der Waals surface area contributed by atoms with Gasteiger partial charge in [-0.25, -0.2) is 0 Å². The summed E-state index contributed by atoms with van der Waals surface area (Å²) in [6.07, 6.45) is -1.49. The van der Waals surface area contributed by atoms with E-state index in [0.717, 1.165) is 5.56 Å². The SMILES string of the molecule is CC[N+](C)(CC)CC.O=C([O-])OCc1ccccc1. The number of hydrogen-bond donors (Lipinski definition) is 0. The van der Waals surface area contributed by atoms with Gasteiger partial charge >= 0.3 is 0 Å². The highest BCUT2D eigenvalue weighted by molar-refractivity contribution is 5.54. The van der Waals surface area contributed by atoms with Gasteiger partial charge in [0.2, 0.25) is 0 Å².